The zero-order valence-electron chi connectivity index (χ0n) is 17.9. The third-order valence-electron chi connectivity index (χ3n) is 5.26. The number of ether oxygens (including phenoxy) is 3. The van der Waals surface area contributed by atoms with Gasteiger partial charge in [0.05, 0.1) is 31.6 Å². The second-order valence-corrected chi connectivity index (χ2v) is 7.32. The maximum Gasteiger partial charge on any atom is 0.358 e. The predicted octanol–water partition coefficient (Wildman–Crippen LogP) is 3.78. The fraction of sp³-hybridized carbons (Fsp3) is 0.217. The van der Waals surface area contributed by atoms with Gasteiger partial charge in [-0.3, -0.25) is 9.13 Å². The summed E-state index contributed by atoms with van der Waals surface area (Å²) >= 11 is 0. The van der Waals surface area contributed by atoms with Gasteiger partial charge in [-0.25, -0.2) is 9.78 Å². The molecule has 9 heteroatoms. The minimum atomic E-state index is -0.471. The van der Waals surface area contributed by atoms with Gasteiger partial charge < -0.3 is 14.2 Å². The van der Waals surface area contributed by atoms with Gasteiger partial charge in [-0.2, -0.15) is 0 Å². The zero-order chi connectivity index (χ0) is 22.2. The largest absolute Gasteiger partial charge is 0.497 e. The zero-order valence-corrected chi connectivity index (χ0v) is 17.9. The Labute approximate surface area is 184 Å². The molecule has 0 aliphatic carbocycles. The summed E-state index contributed by atoms with van der Waals surface area (Å²) in [7, 11) is 1.60. The summed E-state index contributed by atoms with van der Waals surface area (Å²) in [6.45, 7) is 4.33. The predicted molar refractivity (Wildman–Crippen MR) is 115 cm³/mol. The number of esters is 1. The van der Waals surface area contributed by atoms with E-state index in [4.69, 9.17) is 14.2 Å². The van der Waals surface area contributed by atoms with Crippen LogP contribution in [0.15, 0.2) is 48.8 Å². The van der Waals surface area contributed by atoms with E-state index in [1.165, 1.54) is 0 Å². The van der Waals surface area contributed by atoms with E-state index in [1.807, 2.05) is 52.5 Å². The van der Waals surface area contributed by atoms with Crippen molar-refractivity contribution < 1.29 is 19.0 Å². The van der Waals surface area contributed by atoms with Crippen molar-refractivity contribution in [1.82, 2.24) is 24.3 Å². The van der Waals surface area contributed by atoms with Crippen molar-refractivity contribution >= 4 is 5.97 Å². The lowest BCUT2D eigenvalue weighted by Gasteiger charge is -2.10. The number of nitrogens with zero attached hydrogens (tertiary/aromatic N) is 5. The molecule has 0 fully saturated rings. The molecule has 2 aromatic carbocycles. The molecular weight excluding hydrogens is 410 g/mol. The normalized spacial score (nSPS) is 11.7. The lowest BCUT2D eigenvalue weighted by Crippen LogP contribution is -2.12. The van der Waals surface area contributed by atoms with Crippen LogP contribution >= 0.6 is 0 Å². The van der Waals surface area contributed by atoms with E-state index in [0.29, 0.717) is 29.0 Å². The highest BCUT2D eigenvalue weighted by atomic mass is 16.5. The summed E-state index contributed by atoms with van der Waals surface area (Å²) in [4.78, 5) is 16.9. The van der Waals surface area contributed by atoms with Crippen molar-refractivity contribution in [3.63, 3.8) is 0 Å². The third kappa shape index (κ3) is 3.27. The molecule has 1 aliphatic rings. The number of carbonyl (C=O) groups is 1. The molecule has 0 saturated heterocycles. The molecule has 0 N–H and O–H groups in total. The van der Waals surface area contributed by atoms with Crippen molar-refractivity contribution in [3.8, 4) is 34.6 Å². The van der Waals surface area contributed by atoms with E-state index in [9.17, 15) is 4.79 Å². The summed E-state index contributed by atoms with van der Waals surface area (Å²) in [5, 5.41) is 8.71. The lowest BCUT2D eigenvalue weighted by molar-refractivity contribution is 0.0518. The lowest BCUT2D eigenvalue weighted by atomic mass is 10.1. The number of fused-ring (bicyclic) bond motifs is 5. The summed E-state index contributed by atoms with van der Waals surface area (Å²) in [6.07, 6.45) is 1.64. The van der Waals surface area contributed by atoms with Crippen LogP contribution in [0.25, 0.3) is 17.1 Å². The maximum absolute atomic E-state index is 12.6. The molecule has 0 amide bonds. The number of aryl methyl sites for hydroxylation is 1. The van der Waals surface area contributed by atoms with Crippen LogP contribution in [-0.4, -0.2) is 44.0 Å². The molecule has 4 aromatic rings. The van der Waals surface area contributed by atoms with Crippen LogP contribution in [0.1, 0.15) is 28.7 Å². The van der Waals surface area contributed by atoms with Crippen molar-refractivity contribution in [2.24, 2.45) is 0 Å². The van der Waals surface area contributed by atoms with Crippen molar-refractivity contribution in [1.29, 1.82) is 0 Å². The second kappa shape index (κ2) is 7.84. The van der Waals surface area contributed by atoms with E-state index in [2.05, 4.69) is 15.2 Å². The van der Waals surface area contributed by atoms with Gasteiger partial charge in [0.15, 0.2) is 11.5 Å². The molecule has 2 aromatic heterocycles. The van der Waals surface area contributed by atoms with E-state index >= 15 is 0 Å². The Balaban J connectivity index is 1.66. The van der Waals surface area contributed by atoms with Crippen LogP contribution in [0.4, 0.5) is 0 Å². The van der Waals surface area contributed by atoms with Crippen LogP contribution < -0.4 is 9.47 Å². The van der Waals surface area contributed by atoms with Gasteiger partial charge in [-0.15, -0.1) is 5.10 Å². The number of aromatic nitrogens is 5. The van der Waals surface area contributed by atoms with Gasteiger partial charge >= 0.3 is 12.0 Å². The number of hydrogen-bond acceptors (Lipinski definition) is 7. The molecule has 1 aliphatic heterocycles. The SMILES string of the molecule is CCOC(=O)c1ncn2c1Cn1c(Oc3cccc(OC)c3)nnc1-c1cc(C)ccc1-2. The summed E-state index contributed by atoms with van der Waals surface area (Å²) in [6, 6.07) is 13.6. The fourth-order valence-corrected chi connectivity index (χ4v) is 3.77. The number of methoxy groups -OCH3 is 1. The molecule has 3 heterocycles. The molecule has 0 unspecified atom stereocenters. The average Bonchev–Trinajstić information content (AvgIpc) is 3.36. The Bertz CT molecular complexity index is 1320. The van der Waals surface area contributed by atoms with Crippen LogP contribution in [0.3, 0.4) is 0 Å². The topological polar surface area (TPSA) is 93.3 Å². The van der Waals surface area contributed by atoms with E-state index < -0.39 is 5.97 Å². The van der Waals surface area contributed by atoms with E-state index in [0.717, 1.165) is 16.8 Å². The number of imidazole rings is 1. The van der Waals surface area contributed by atoms with E-state index in [1.54, 1.807) is 26.4 Å². The maximum atomic E-state index is 12.6. The molecule has 32 heavy (non-hydrogen) atoms. The monoisotopic (exact) mass is 431 g/mol. The number of rotatable bonds is 5. The number of hydrogen-bond donors (Lipinski definition) is 0. The first-order valence-electron chi connectivity index (χ1n) is 10.2. The molecular formula is C23H21N5O4. The summed E-state index contributed by atoms with van der Waals surface area (Å²) < 4.78 is 20.3. The smallest absolute Gasteiger partial charge is 0.358 e. The van der Waals surface area contributed by atoms with Crippen molar-refractivity contribution in [2.45, 2.75) is 20.4 Å². The molecule has 0 saturated carbocycles. The fourth-order valence-electron chi connectivity index (χ4n) is 3.77. The highest BCUT2D eigenvalue weighted by Gasteiger charge is 2.29. The Morgan fingerprint density at radius 2 is 1.97 bits per heavy atom. The standard InChI is InChI=1S/C23H21N5O4/c1-4-31-22(29)20-19-12-27-21(17-10-14(2)8-9-18(17)28(19)13-24-20)25-26-23(27)32-16-7-5-6-15(11-16)30-3/h5-11,13H,4,12H2,1-3H3. The van der Waals surface area contributed by atoms with Crippen LogP contribution in [0.5, 0.6) is 17.5 Å². The van der Waals surface area contributed by atoms with Crippen LogP contribution in [0.2, 0.25) is 0 Å². The average molecular weight is 431 g/mol. The molecule has 0 bridgehead atoms. The summed E-state index contributed by atoms with van der Waals surface area (Å²) in [5.41, 5.74) is 3.72. The molecule has 0 radical (unpaired) electrons. The Kier molecular flexibility index (Phi) is 4.85. The Hall–Kier alpha value is -4.14. The van der Waals surface area contributed by atoms with Gasteiger partial charge in [0.25, 0.3) is 0 Å². The number of carbonyl (C=O) groups excluding carboxylic acids is 1. The minimum Gasteiger partial charge on any atom is -0.497 e. The van der Waals surface area contributed by atoms with Crippen molar-refractivity contribution in [2.75, 3.05) is 13.7 Å². The highest BCUT2D eigenvalue weighted by molar-refractivity contribution is 5.89. The Morgan fingerprint density at radius 1 is 1.12 bits per heavy atom. The van der Waals surface area contributed by atoms with Gasteiger partial charge in [0.2, 0.25) is 0 Å². The quantitative estimate of drug-likeness (QED) is 0.391. The molecule has 5 rings (SSSR count). The second-order valence-electron chi connectivity index (χ2n) is 7.32. The van der Waals surface area contributed by atoms with Gasteiger partial charge in [0.1, 0.15) is 17.8 Å². The third-order valence-corrected chi connectivity index (χ3v) is 5.26. The van der Waals surface area contributed by atoms with Crippen LogP contribution in [-0.2, 0) is 11.3 Å². The Morgan fingerprint density at radius 3 is 2.78 bits per heavy atom. The highest BCUT2D eigenvalue weighted by Crippen LogP contribution is 2.36. The number of benzene rings is 2. The summed E-state index contributed by atoms with van der Waals surface area (Å²) in [5.74, 6) is 1.40. The van der Waals surface area contributed by atoms with Gasteiger partial charge in [0, 0.05) is 11.6 Å². The first-order valence-corrected chi connectivity index (χ1v) is 10.2. The van der Waals surface area contributed by atoms with Gasteiger partial charge in [-0.05, 0) is 38.1 Å². The molecule has 0 atom stereocenters. The van der Waals surface area contributed by atoms with Crippen LogP contribution in [0, 0.1) is 6.92 Å². The van der Waals surface area contributed by atoms with Gasteiger partial charge in [-0.1, -0.05) is 22.8 Å². The molecule has 162 valence electrons. The van der Waals surface area contributed by atoms with Crippen molar-refractivity contribution in [3.05, 3.63) is 65.7 Å². The minimum absolute atomic E-state index is 0.257. The van der Waals surface area contributed by atoms with E-state index in [-0.39, 0.29) is 18.8 Å². The molecule has 9 nitrogen and oxygen atoms in total. The first kappa shape index (κ1) is 19.8. The first-order chi connectivity index (χ1) is 15.6. The molecule has 0 spiro atoms.